The Hall–Kier alpha value is -3.36. The van der Waals surface area contributed by atoms with Gasteiger partial charge in [0.1, 0.15) is 21.5 Å². The van der Waals surface area contributed by atoms with Crippen molar-refractivity contribution < 1.29 is 14.3 Å². The van der Waals surface area contributed by atoms with Crippen molar-refractivity contribution in [2.24, 2.45) is 0 Å². The van der Waals surface area contributed by atoms with Gasteiger partial charge in [-0.3, -0.25) is 4.79 Å². The highest BCUT2D eigenvalue weighted by molar-refractivity contribution is 7.17. The third-order valence-electron chi connectivity index (χ3n) is 4.60. The van der Waals surface area contributed by atoms with Crippen molar-refractivity contribution >= 4 is 40.2 Å². The summed E-state index contributed by atoms with van der Waals surface area (Å²) in [5, 5.41) is 6.11. The van der Waals surface area contributed by atoms with Gasteiger partial charge in [0.15, 0.2) is 0 Å². The highest BCUT2D eigenvalue weighted by Gasteiger charge is 2.18. The predicted molar refractivity (Wildman–Crippen MR) is 127 cm³/mol. The summed E-state index contributed by atoms with van der Waals surface area (Å²) in [6.07, 6.45) is 0.168. The Bertz CT molecular complexity index is 1230. The van der Waals surface area contributed by atoms with E-state index in [9.17, 15) is 9.59 Å². The van der Waals surface area contributed by atoms with Gasteiger partial charge in [0.05, 0.1) is 17.8 Å². The van der Waals surface area contributed by atoms with E-state index in [0.29, 0.717) is 21.3 Å². The molecule has 0 aliphatic rings. The summed E-state index contributed by atoms with van der Waals surface area (Å²) in [4.78, 5) is 34.2. The number of aromatic nitrogens is 2. The number of benzene rings is 2. The molecule has 8 heteroatoms. The zero-order valence-corrected chi connectivity index (χ0v) is 19.3. The average molecular weight is 464 g/mol. The first kappa shape index (κ1) is 21.9. The summed E-state index contributed by atoms with van der Waals surface area (Å²) in [7, 11) is 0. The summed E-state index contributed by atoms with van der Waals surface area (Å²) >= 11 is 2.68. The molecule has 0 saturated carbocycles. The minimum absolute atomic E-state index is 0.0485. The van der Waals surface area contributed by atoms with E-state index < -0.39 is 5.97 Å². The van der Waals surface area contributed by atoms with Crippen molar-refractivity contribution in [1.29, 1.82) is 0 Å². The lowest BCUT2D eigenvalue weighted by Crippen LogP contribution is -2.14. The van der Waals surface area contributed by atoms with Crippen LogP contribution in [0.3, 0.4) is 0 Å². The molecule has 0 bridgehead atoms. The first-order chi connectivity index (χ1) is 15.5. The number of amides is 1. The maximum absolute atomic E-state index is 12.6. The zero-order valence-electron chi connectivity index (χ0n) is 17.6. The van der Waals surface area contributed by atoms with Crippen LogP contribution in [0.1, 0.15) is 31.6 Å². The molecule has 2 heterocycles. The fourth-order valence-corrected chi connectivity index (χ4v) is 4.71. The fraction of sp³-hybridized carbons (Fsp3) is 0.167. The van der Waals surface area contributed by atoms with Crippen LogP contribution in [0.2, 0.25) is 0 Å². The third-order valence-corrected chi connectivity index (χ3v) is 6.68. The minimum Gasteiger partial charge on any atom is -0.455 e. The Morgan fingerprint density at radius 1 is 1.00 bits per heavy atom. The summed E-state index contributed by atoms with van der Waals surface area (Å²) in [6, 6.07) is 17.3. The van der Waals surface area contributed by atoms with Crippen LogP contribution < -0.4 is 5.32 Å². The second-order valence-electron chi connectivity index (χ2n) is 7.20. The summed E-state index contributed by atoms with van der Waals surface area (Å²) in [5.41, 5.74) is 4.11. The van der Waals surface area contributed by atoms with Crippen molar-refractivity contribution in [2.75, 3.05) is 5.32 Å². The summed E-state index contributed by atoms with van der Waals surface area (Å²) in [6.45, 7) is 3.84. The highest BCUT2D eigenvalue weighted by atomic mass is 32.1. The van der Waals surface area contributed by atoms with E-state index >= 15 is 0 Å². The monoisotopic (exact) mass is 463 g/mol. The molecule has 0 aliphatic carbocycles. The van der Waals surface area contributed by atoms with Gasteiger partial charge < -0.3 is 10.1 Å². The highest BCUT2D eigenvalue weighted by Crippen LogP contribution is 2.28. The molecule has 4 rings (SSSR count). The zero-order chi connectivity index (χ0) is 22.5. The van der Waals surface area contributed by atoms with Crippen molar-refractivity contribution in [3.63, 3.8) is 0 Å². The molecule has 6 nitrogen and oxygen atoms in total. The maximum Gasteiger partial charge on any atom is 0.350 e. The molecule has 4 aromatic rings. The van der Waals surface area contributed by atoms with Crippen molar-refractivity contribution in [1.82, 2.24) is 9.97 Å². The van der Waals surface area contributed by atoms with E-state index in [2.05, 4.69) is 15.3 Å². The molecule has 0 aliphatic heterocycles. The van der Waals surface area contributed by atoms with Crippen molar-refractivity contribution in [3.8, 4) is 10.6 Å². The molecule has 162 valence electrons. The molecule has 1 N–H and O–H groups in total. The van der Waals surface area contributed by atoms with Gasteiger partial charge >= 0.3 is 5.97 Å². The first-order valence-electron chi connectivity index (χ1n) is 9.97. The largest absolute Gasteiger partial charge is 0.455 e. The average Bonchev–Trinajstić information content (AvgIpc) is 3.40. The SMILES string of the molecule is Cc1ccc(NC(=O)Cc2nc(COC(=O)c3sc(-c4ccccc4)nc3C)cs2)cc1. The Morgan fingerprint density at radius 3 is 2.50 bits per heavy atom. The molecular formula is C24H21N3O3S2. The van der Waals surface area contributed by atoms with Gasteiger partial charge in [-0.1, -0.05) is 48.0 Å². The Labute approximate surface area is 193 Å². The number of hydrogen-bond acceptors (Lipinski definition) is 7. The number of carbonyl (C=O) groups is 2. The normalized spacial score (nSPS) is 10.7. The predicted octanol–water partition coefficient (Wildman–Crippen LogP) is 5.42. The van der Waals surface area contributed by atoms with Crippen LogP contribution >= 0.6 is 22.7 Å². The topological polar surface area (TPSA) is 81.2 Å². The summed E-state index contributed by atoms with van der Waals surface area (Å²) in [5.74, 6) is -0.561. The lowest BCUT2D eigenvalue weighted by molar-refractivity contribution is -0.115. The number of hydrogen-bond donors (Lipinski definition) is 1. The van der Waals surface area contributed by atoms with E-state index in [1.54, 1.807) is 12.3 Å². The number of esters is 1. The smallest absolute Gasteiger partial charge is 0.350 e. The number of nitrogens with one attached hydrogen (secondary N) is 1. The van der Waals surface area contributed by atoms with E-state index in [0.717, 1.165) is 21.8 Å². The van der Waals surface area contributed by atoms with Gasteiger partial charge in [0, 0.05) is 16.6 Å². The molecule has 0 atom stereocenters. The Balaban J connectivity index is 1.32. The third kappa shape index (κ3) is 5.46. The molecule has 0 fully saturated rings. The van der Waals surface area contributed by atoms with Crippen LogP contribution in [0.5, 0.6) is 0 Å². The van der Waals surface area contributed by atoms with Gasteiger partial charge in [0.2, 0.25) is 5.91 Å². The molecule has 2 aromatic carbocycles. The van der Waals surface area contributed by atoms with E-state index in [1.165, 1.54) is 22.7 Å². The van der Waals surface area contributed by atoms with Gasteiger partial charge in [0.25, 0.3) is 0 Å². The van der Waals surface area contributed by atoms with Crippen molar-refractivity contribution in [2.45, 2.75) is 26.9 Å². The molecular weight excluding hydrogens is 442 g/mol. The molecule has 32 heavy (non-hydrogen) atoms. The lowest BCUT2D eigenvalue weighted by Gasteiger charge is -2.04. The minimum atomic E-state index is -0.422. The molecule has 2 aromatic heterocycles. The maximum atomic E-state index is 12.6. The molecule has 0 spiro atoms. The van der Waals surface area contributed by atoms with Crippen LogP contribution in [-0.2, 0) is 22.6 Å². The van der Waals surface area contributed by atoms with E-state index in [-0.39, 0.29) is 18.9 Å². The molecule has 0 unspecified atom stereocenters. The number of ether oxygens (including phenoxy) is 1. The van der Waals surface area contributed by atoms with E-state index in [1.807, 2.05) is 61.5 Å². The Morgan fingerprint density at radius 2 is 1.75 bits per heavy atom. The second-order valence-corrected chi connectivity index (χ2v) is 9.14. The Kier molecular flexibility index (Phi) is 6.72. The number of rotatable bonds is 7. The standard InChI is InChI=1S/C24H21N3O3S2/c1-15-8-10-18(11-9-15)26-20(28)12-21-27-19(14-31-21)13-30-24(29)22-16(2)25-23(32-22)17-6-4-3-5-7-17/h3-11,14H,12-13H2,1-2H3,(H,26,28). The number of carbonyl (C=O) groups excluding carboxylic acids is 2. The van der Waals surface area contributed by atoms with Gasteiger partial charge in [-0.25, -0.2) is 14.8 Å². The van der Waals surface area contributed by atoms with Crippen molar-refractivity contribution in [3.05, 3.63) is 86.8 Å². The quantitative estimate of drug-likeness (QED) is 0.370. The second kappa shape index (κ2) is 9.84. The first-order valence-corrected chi connectivity index (χ1v) is 11.7. The van der Waals surface area contributed by atoms with E-state index in [4.69, 9.17) is 4.74 Å². The van der Waals surface area contributed by atoms with Crippen LogP contribution in [0.4, 0.5) is 5.69 Å². The number of thiazole rings is 2. The molecule has 0 radical (unpaired) electrons. The fourth-order valence-electron chi connectivity index (χ4n) is 2.97. The lowest BCUT2D eigenvalue weighted by atomic mass is 10.2. The van der Waals surface area contributed by atoms with Crippen LogP contribution in [0.15, 0.2) is 60.0 Å². The van der Waals surface area contributed by atoms with Crippen LogP contribution in [0.25, 0.3) is 10.6 Å². The van der Waals surface area contributed by atoms with Crippen LogP contribution in [-0.4, -0.2) is 21.8 Å². The molecule has 1 amide bonds. The van der Waals surface area contributed by atoms with Gasteiger partial charge in [-0.2, -0.15) is 0 Å². The van der Waals surface area contributed by atoms with Gasteiger partial charge in [-0.15, -0.1) is 22.7 Å². The number of nitrogens with zero attached hydrogens (tertiary/aromatic N) is 2. The number of anilines is 1. The van der Waals surface area contributed by atoms with Crippen LogP contribution in [0, 0.1) is 13.8 Å². The number of aryl methyl sites for hydroxylation is 2. The molecule has 0 saturated heterocycles. The van der Waals surface area contributed by atoms with Gasteiger partial charge in [-0.05, 0) is 26.0 Å². The summed E-state index contributed by atoms with van der Waals surface area (Å²) < 4.78 is 5.44.